The average molecular weight is 290 g/mol. The second kappa shape index (κ2) is 7.34. The summed E-state index contributed by atoms with van der Waals surface area (Å²) in [6.07, 6.45) is 5.16. The lowest BCUT2D eigenvalue weighted by Crippen LogP contribution is -2.21. The van der Waals surface area contributed by atoms with Gasteiger partial charge in [0.25, 0.3) is 0 Å². The van der Waals surface area contributed by atoms with Crippen molar-refractivity contribution in [2.75, 3.05) is 24.2 Å². The minimum atomic E-state index is -0.356. The zero-order valence-corrected chi connectivity index (χ0v) is 13.0. The third kappa shape index (κ3) is 4.13. The van der Waals surface area contributed by atoms with Crippen LogP contribution in [0.3, 0.4) is 0 Å². The van der Waals surface area contributed by atoms with Crippen LogP contribution in [-0.2, 0) is 4.74 Å². The maximum Gasteiger partial charge on any atom is 0.340 e. The standard InChI is InChI=1S/C17H26N2O2/c1-3-21-17(20)14-5-4-6-15(16(14)18)19-11-13-9-7-12(2)8-10-13/h4-6,12-13,19H,3,7-11,18H2,1-2H3. The first kappa shape index (κ1) is 15.7. The molecule has 0 unspecified atom stereocenters. The van der Waals surface area contributed by atoms with E-state index in [1.54, 1.807) is 13.0 Å². The molecule has 0 radical (unpaired) electrons. The summed E-state index contributed by atoms with van der Waals surface area (Å²) >= 11 is 0. The molecule has 0 bridgehead atoms. The van der Waals surface area contributed by atoms with Gasteiger partial charge in [-0.1, -0.05) is 25.8 Å². The van der Waals surface area contributed by atoms with Crippen LogP contribution in [0.15, 0.2) is 18.2 Å². The van der Waals surface area contributed by atoms with E-state index in [0.29, 0.717) is 23.8 Å². The Morgan fingerprint density at radius 2 is 2.05 bits per heavy atom. The van der Waals surface area contributed by atoms with Crippen LogP contribution in [0.4, 0.5) is 11.4 Å². The van der Waals surface area contributed by atoms with Crippen LogP contribution >= 0.6 is 0 Å². The van der Waals surface area contributed by atoms with Gasteiger partial charge in [-0.3, -0.25) is 0 Å². The lowest BCUT2D eigenvalue weighted by Gasteiger charge is -2.26. The van der Waals surface area contributed by atoms with Crippen LogP contribution in [0.5, 0.6) is 0 Å². The van der Waals surface area contributed by atoms with Gasteiger partial charge in [-0.15, -0.1) is 0 Å². The number of nitrogen functional groups attached to an aromatic ring is 1. The molecule has 116 valence electrons. The van der Waals surface area contributed by atoms with Crippen LogP contribution in [0.1, 0.15) is 49.9 Å². The van der Waals surface area contributed by atoms with Crippen molar-refractivity contribution in [1.29, 1.82) is 0 Å². The molecule has 0 aliphatic heterocycles. The first-order valence-corrected chi connectivity index (χ1v) is 7.91. The molecule has 0 aromatic heterocycles. The number of carbonyl (C=O) groups excluding carboxylic acids is 1. The van der Waals surface area contributed by atoms with Gasteiger partial charge < -0.3 is 15.8 Å². The highest BCUT2D eigenvalue weighted by atomic mass is 16.5. The molecule has 1 aromatic carbocycles. The Kier molecular flexibility index (Phi) is 5.48. The Hall–Kier alpha value is -1.71. The monoisotopic (exact) mass is 290 g/mol. The van der Waals surface area contributed by atoms with Gasteiger partial charge in [0.05, 0.1) is 23.5 Å². The number of carbonyl (C=O) groups is 1. The number of nitrogens with two attached hydrogens (primary N) is 1. The van der Waals surface area contributed by atoms with E-state index in [4.69, 9.17) is 10.5 Å². The Morgan fingerprint density at radius 1 is 1.33 bits per heavy atom. The number of hydrogen-bond acceptors (Lipinski definition) is 4. The van der Waals surface area contributed by atoms with Crippen molar-refractivity contribution in [3.8, 4) is 0 Å². The molecule has 4 nitrogen and oxygen atoms in total. The summed E-state index contributed by atoms with van der Waals surface area (Å²) in [5, 5.41) is 3.40. The smallest absolute Gasteiger partial charge is 0.340 e. The number of rotatable bonds is 5. The predicted molar refractivity (Wildman–Crippen MR) is 86.4 cm³/mol. The van der Waals surface area contributed by atoms with E-state index in [1.165, 1.54) is 25.7 Å². The maximum atomic E-state index is 11.8. The SMILES string of the molecule is CCOC(=O)c1cccc(NCC2CCC(C)CC2)c1N. The zero-order valence-electron chi connectivity index (χ0n) is 13.0. The van der Waals surface area contributed by atoms with Crippen molar-refractivity contribution >= 4 is 17.3 Å². The molecule has 4 heteroatoms. The van der Waals surface area contributed by atoms with Crippen molar-refractivity contribution in [2.45, 2.75) is 39.5 Å². The largest absolute Gasteiger partial charge is 0.462 e. The lowest BCUT2D eigenvalue weighted by molar-refractivity contribution is 0.0527. The third-order valence-electron chi connectivity index (χ3n) is 4.32. The Morgan fingerprint density at radius 3 is 2.71 bits per heavy atom. The van der Waals surface area contributed by atoms with E-state index >= 15 is 0 Å². The molecule has 0 heterocycles. The number of para-hydroxylation sites is 1. The van der Waals surface area contributed by atoms with Gasteiger partial charge in [0.2, 0.25) is 0 Å². The fourth-order valence-corrected chi connectivity index (χ4v) is 2.89. The summed E-state index contributed by atoms with van der Waals surface area (Å²) in [5.41, 5.74) is 7.85. The van der Waals surface area contributed by atoms with Gasteiger partial charge in [0.1, 0.15) is 0 Å². The van der Waals surface area contributed by atoms with Crippen LogP contribution in [-0.4, -0.2) is 19.1 Å². The van der Waals surface area contributed by atoms with Crippen molar-refractivity contribution in [1.82, 2.24) is 0 Å². The van der Waals surface area contributed by atoms with Crippen LogP contribution in [0, 0.1) is 11.8 Å². The molecule has 0 spiro atoms. The van der Waals surface area contributed by atoms with Gasteiger partial charge in [0, 0.05) is 6.54 Å². The molecule has 1 saturated carbocycles. The molecule has 3 N–H and O–H groups in total. The van der Waals surface area contributed by atoms with Crippen molar-refractivity contribution in [3.05, 3.63) is 23.8 Å². The number of anilines is 2. The molecule has 0 amide bonds. The highest BCUT2D eigenvalue weighted by Crippen LogP contribution is 2.29. The Bertz CT molecular complexity index is 480. The van der Waals surface area contributed by atoms with E-state index in [2.05, 4.69) is 12.2 Å². The maximum absolute atomic E-state index is 11.8. The molecule has 21 heavy (non-hydrogen) atoms. The fourth-order valence-electron chi connectivity index (χ4n) is 2.89. The zero-order chi connectivity index (χ0) is 15.2. The van der Waals surface area contributed by atoms with E-state index in [0.717, 1.165) is 18.2 Å². The second-order valence-electron chi connectivity index (χ2n) is 5.99. The van der Waals surface area contributed by atoms with Crippen molar-refractivity contribution in [3.63, 3.8) is 0 Å². The second-order valence-corrected chi connectivity index (χ2v) is 5.99. The molecule has 1 fully saturated rings. The Balaban J connectivity index is 1.97. The molecule has 0 saturated heterocycles. The average Bonchev–Trinajstić information content (AvgIpc) is 2.48. The van der Waals surface area contributed by atoms with Crippen molar-refractivity contribution in [2.24, 2.45) is 11.8 Å². The minimum absolute atomic E-state index is 0.356. The molecule has 0 atom stereocenters. The van der Waals surface area contributed by atoms with Gasteiger partial charge in [0.15, 0.2) is 0 Å². The first-order chi connectivity index (χ1) is 10.1. The molecule has 1 aliphatic carbocycles. The summed E-state index contributed by atoms with van der Waals surface area (Å²) in [6, 6.07) is 5.47. The van der Waals surface area contributed by atoms with E-state index in [-0.39, 0.29) is 5.97 Å². The van der Waals surface area contributed by atoms with E-state index in [1.807, 2.05) is 12.1 Å². The van der Waals surface area contributed by atoms with Gasteiger partial charge >= 0.3 is 5.97 Å². The molecule has 1 aromatic rings. The highest BCUT2D eigenvalue weighted by Gasteiger charge is 2.19. The van der Waals surface area contributed by atoms with Crippen molar-refractivity contribution < 1.29 is 9.53 Å². The highest BCUT2D eigenvalue weighted by molar-refractivity contribution is 5.98. The summed E-state index contributed by atoms with van der Waals surface area (Å²) in [6.45, 7) is 5.39. The van der Waals surface area contributed by atoms with Gasteiger partial charge in [-0.05, 0) is 43.7 Å². The quantitative estimate of drug-likeness (QED) is 0.641. The van der Waals surface area contributed by atoms with Gasteiger partial charge in [-0.2, -0.15) is 0 Å². The first-order valence-electron chi connectivity index (χ1n) is 7.91. The normalized spacial score (nSPS) is 21.8. The van der Waals surface area contributed by atoms with Crippen LogP contribution < -0.4 is 11.1 Å². The fraction of sp³-hybridized carbons (Fsp3) is 0.588. The summed E-state index contributed by atoms with van der Waals surface area (Å²) in [4.78, 5) is 11.8. The number of ether oxygens (including phenoxy) is 1. The third-order valence-corrected chi connectivity index (χ3v) is 4.32. The molecule has 1 aliphatic rings. The number of hydrogen-bond donors (Lipinski definition) is 2. The Labute approximate surface area is 127 Å². The minimum Gasteiger partial charge on any atom is -0.462 e. The number of esters is 1. The number of nitrogens with one attached hydrogen (secondary N) is 1. The van der Waals surface area contributed by atoms with E-state index in [9.17, 15) is 4.79 Å². The summed E-state index contributed by atoms with van der Waals surface area (Å²) < 4.78 is 5.02. The topological polar surface area (TPSA) is 64.3 Å². The molecular formula is C17H26N2O2. The summed E-state index contributed by atoms with van der Waals surface area (Å²) in [7, 11) is 0. The van der Waals surface area contributed by atoms with E-state index < -0.39 is 0 Å². The van der Waals surface area contributed by atoms with Gasteiger partial charge in [-0.25, -0.2) is 4.79 Å². The molecule has 2 rings (SSSR count). The lowest BCUT2D eigenvalue weighted by atomic mass is 9.83. The number of benzene rings is 1. The predicted octanol–water partition coefficient (Wildman–Crippen LogP) is 3.68. The summed E-state index contributed by atoms with van der Waals surface area (Å²) in [5.74, 6) is 1.20. The molecular weight excluding hydrogens is 264 g/mol. The van der Waals surface area contributed by atoms with Crippen LogP contribution in [0.25, 0.3) is 0 Å². The van der Waals surface area contributed by atoms with Crippen LogP contribution in [0.2, 0.25) is 0 Å².